The standard InChI is InChI=1S/C19H18Cl2N2O5S/c20-14-5-7-15(8-6-14)29(26,27)23-11-9-22(10-12-23)18(24)13-28-19(25)16-3-1-2-4-17(16)21/h1-8H,9-13H2. The van der Waals surface area contributed by atoms with Crippen LogP contribution in [0.15, 0.2) is 53.4 Å². The number of halogens is 2. The van der Waals surface area contributed by atoms with Gasteiger partial charge in [-0.15, -0.1) is 0 Å². The summed E-state index contributed by atoms with van der Waals surface area (Å²) in [6, 6.07) is 12.3. The van der Waals surface area contributed by atoms with E-state index in [9.17, 15) is 18.0 Å². The fourth-order valence-corrected chi connectivity index (χ4v) is 4.62. The van der Waals surface area contributed by atoms with Crippen LogP contribution in [0.4, 0.5) is 0 Å². The van der Waals surface area contributed by atoms with Crippen molar-refractivity contribution < 1.29 is 22.7 Å². The van der Waals surface area contributed by atoms with Crippen LogP contribution >= 0.6 is 23.2 Å². The molecule has 154 valence electrons. The summed E-state index contributed by atoms with van der Waals surface area (Å²) in [6.45, 7) is 0.267. The third-order valence-corrected chi connectivity index (χ3v) is 6.96. The summed E-state index contributed by atoms with van der Waals surface area (Å²) in [5, 5.41) is 0.691. The maximum absolute atomic E-state index is 12.7. The Morgan fingerprint density at radius 3 is 2.17 bits per heavy atom. The van der Waals surface area contributed by atoms with Crippen LogP contribution < -0.4 is 0 Å². The van der Waals surface area contributed by atoms with Gasteiger partial charge in [0.25, 0.3) is 5.91 Å². The van der Waals surface area contributed by atoms with Crippen LogP contribution in [0.3, 0.4) is 0 Å². The Kier molecular flexibility index (Phi) is 6.79. The number of carbonyl (C=O) groups is 2. The topological polar surface area (TPSA) is 84.0 Å². The average Bonchev–Trinajstić information content (AvgIpc) is 2.72. The van der Waals surface area contributed by atoms with Crippen LogP contribution in [0.25, 0.3) is 0 Å². The molecule has 0 spiro atoms. The minimum atomic E-state index is -3.66. The Labute approximate surface area is 178 Å². The number of carbonyl (C=O) groups excluding carboxylic acids is 2. The molecule has 1 aliphatic rings. The van der Waals surface area contributed by atoms with Gasteiger partial charge in [0.1, 0.15) is 0 Å². The SMILES string of the molecule is O=C(OCC(=O)N1CCN(S(=O)(=O)c2ccc(Cl)cc2)CC1)c1ccccc1Cl. The third kappa shape index (κ3) is 5.08. The molecule has 1 aliphatic heterocycles. The summed E-state index contributed by atoms with van der Waals surface area (Å²) in [6.07, 6.45) is 0. The number of hydrogen-bond donors (Lipinski definition) is 0. The fourth-order valence-electron chi connectivity index (χ4n) is 2.86. The molecule has 1 heterocycles. The summed E-state index contributed by atoms with van der Waals surface area (Å²) >= 11 is 11.7. The van der Waals surface area contributed by atoms with Crippen molar-refractivity contribution in [2.75, 3.05) is 32.8 Å². The number of piperazine rings is 1. The van der Waals surface area contributed by atoms with Crippen molar-refractivity contribution in [3.8, 4) is 0 Å². The summed E-state index contributed by atoms with van der Waals surface area (Å²) in [5.74, 6) is -1.08. The highest BCUT2D eigenvalue weighted by atomic mass is 35.5. The first-order valence-corrected chi connectivity index (χ1v) is 10.9. The number of hydrogen-bond acceptors (Lipinski definition) is 5. The summed E-state index contributed by atoms with van der Waals surface area (Å²) in [7, 11) is -3.66. The van der Waals surface area contributed by atoms with Gasteiger partial charge < -0.3 is 9.64 Å². The lowest BCUT2D eigenvalue weighted by Gasteiger charge is -2.33. The Bertz CT molecular complexity index is 1000. The molecule has 0 bridgehead atoms. The fraction of sp³-hybridized carbons (Fsp3) is 0.263. The van der Waals surface area contributed by atoms with Gasteiger partial charge in [-0.1, -0.05) is 35.3 Å². The van der Waals surface area contributed by atoms with Crippen LogP contribution in [0.5, 0.6) is 0 Å². The molecule has 1 amide bonds. The number of esters is 1. The molecule has 7 nitrogen and oxygen atoms in total. The molecule has 0 N–H and O–H groups in total. The highest BCUT2D eigenvalue weighted by Gasteiger charge is 2.30. The zero-order chi connectivity index (χ0) is 21.0. The molecule has 2 aromatic carbocycles. The minimum Gasteiger partial charge on any atom is -0.452 e. The first-order valence-electron chi connectivity index (χ1n) is 8.74. The zero-order valence-corrected chi connectivity index (χ0v) is 17.6. The van der Waals surface area contributed by atoms with E-state index in [-0.39, 0.29) is 41.7 Å². The van der Waals surface area contributed by atoms with E-state index in [0.29, 0.717) is 5.02 Å². The maximum atomic E-state index is 12.7. The second-order valence-corrected chi connectivity index (χ2v) is 9.08. The number of nitrogens with zero attached hydrogens (tertiary/aromatic N) is 2. The van der Waals surface area contributed by atoms with Crippen LogP contribution in [0, 0.1) is 0 Å². The molecule has 2 aromatic rings. The highest BCUT2D eigenvalue weighted by Crippen LogP contribution is 2.20. The number of rotatable bonds is 5. The minimum absolute atomic E-state index is 0.148. The van der Waals surface area contributed by atoms with Crippen molar-refractivity contribution in [1.82, 2.24) is 9.21 Å². The van der Waals surface area contributed by atoms with E-state index in [4.69, 9.17) is 27.9 Å². The molecule has 0 saturated carbocycles. The first kappa shape index (κ1) is 21.6. The second kappa shape index (κ2) is 9.13. The summed E-state index contributed by atoms with van der Waals surface area (Å²) < 4.78 is 31.7. The van der Waals surface area contributed by atoms with Gasteiger partial charge in [-0.2, -0.15) is 4.31 Å². The van der Waals surface area contributed by atoms with Crippen LogP contribution in [-0.4, -0.2) is 62.3 Å². The number of amides is 1. The van der Waals surface area contributed by atoms with E-state index in [2.05, 4.69) is 0 Å². The Morgan fingerprint density at radius 1 is 0.931 bits per heavy atom. The monoisotopic (exact) mass is 456 g/mol. The van der Waals surface area contributed by atoms with Gasteiger partial charge in [0.15, 0.2) is 6.61 Å². The molecule has 3 rings (SSSR count). The lowest BCUT2D eigenvalue weighted by molar-refractivity contribution is -0.135. The quantitative estimate of drug-likeness (QED) is 0.645. The van der Waals surface area contributed by atoms with Crippen molar-refractivity contribution in [2.24, 2.45) is 0 Å². The lowest BCUT2D eigenvalue weighted by atomic mass is 10.2. The van der Waals surface area contributed by atoms with Gasteiger partial charge >= 0.3 is 5.97 Å². The molecule has 10 heteroatoms. The molecular formula is C19H18Cl2N2O5S. The number of ether oxygens (including phenoxy) is 1. The van der Waals surface area contributed by atoms with Crippen molar-refractivity contribution >= 4 is 45.1 Å². The van der Waals surface area contributed by atoms with Crippen molar-refractivity contribution in [1.29, 1.82) is 0 Å². The van der Waals surface area contributed by atoms with Gasteiger partial charge in [0, 0.05) is 31.2 Å². The molecular weight excluding hydrogens is 439 g/mol. The summed E-state index contributed by atoms with van der Waals surface area (Å²) in [4.78, 5) is 26.0. The molecule has 0 radical (unpaired) electrons. The molecule has 1 fully saturated rings. The number of benzene rings is 2. The van der Waals surface area contributed by atoms with Crippen LogP contribution in [0.2, 0.25) is 10.0 Å². The van der Waals surface area contributed by atoms with Gasteiger partial charge in [-0.25, -0.2) is 13.2 Å². The largest absolute Gasteiger partial charge is 0.452 e. The normalized spacial score (nSPS) is 15.2. The first-order chi connectivity index (χ1) is 13.8. The lowest BCUT2D eigenvalue weighted by Crippen LogP contribution is -2.51. The molecule has 29 heavy (non-hydrogen) atoms. The average molecular weight is 457 g/mol. The van der Waals surface area contributed by atoms with Gasteiger partial charge in [0.2, 0.25) is 10.0 Å². The highest BCUT2D eigenvalue weighted by molar-refractivity contribution is 7.89. The van der Waals surface area contributed by atoms with E-state index in [1.165, 1.54) is 39.5 Å². The van der Waals surface area contributed by atoms with Crippen molar-refractivity contribution in [2.45, 2.75) is 4.90 Å². The zero-order valence-electron chi connectivity index (χ0n) is 15.3. The molecule has 0 aliphatic carbocycles. The van der Waals surface area contributed by atoms with Crippen LogP contribution in [-0.2, 0) is 19.6 Å². The molecule has 0 unspecified atom stereocenters. The van der Waals surface area contributed by atoms with E-state index in [1.54, 1.807) is 18.2 Å². The Morgan fingerprint density at radius 2 is 1.55 bits per heavy atom. The predicted octanol–water partition coefficient (Wildman–Crippen LogP) is 2.68. The Balaban J connectivity index is 1.53. The Hall–Kier alpha value is -2.13. The van der Waals surface area contributed by atoms with Crippen LogP contribution in [0.1, 0.15) is 10.4 Å². The van der Waals surface area contributed by atoms with Gasteiger partial charge in [-0.05, 0) is 36.4 Å². The molecule has 0 aromatic heterocycles. The second-order valence-electron chi connectivity index (χ2n) is 6.29. The van der Waals surface area contributed by atoms with Gasteiger partial charge in [-0.3, -0.25) is 4.79 Å². The predicted molar refractivity (Wildman–Crippen MR) is 109 cm³/mol. The number of sulfonamides is 1. The molecule has 0 atom stereocenters. The van der Waals surface area contributed by atoms with E-state index in [1.807, 2.05) is 0 Å². The molecule has 1 saturated heterocycles. The van der Waals surface area contributed by atoms with E-state index >= 15 is 0 Å². The van der Waals surface area contributed by atoms with Crippen molar-refractivity contribution in [3.63, 3.8) is 0 Å². The van der Waals surface area contributed by atoms with E-state index in [0.717, 1.165) is 0 Å². The third-order valence-electron chi connectivity index (χ3n) is 4.46. The summed E-state index contributed by atoms with van der Waals surface area (Å²) in [5.41, 5.74) is 0.181. The maximum Gasteiger partial charge on any atom is 0.340 e. The van der Waals surface area contributed by atoms with E-state index < -0.39 is 28.5 Å². The van der Waals surface area contributed by atoms with Crippen molar-refractivity contribution in [3.05, 3.63) is 64.1 Å². The van der Waals surface area contributed by atoms with Gasteiger partial charge in [0.05, 0.1) is 15.5 Å². The smallest absolute Gasteiger partial charge is 0.340 e.